The number of hydrogen-bond acceptors (Lipinski definition) is 3. The highest BCUT2D eigenvalue weighted by Gasteiger charge is 2.22. The fourth-order valence-corrected chi connectivity index (χ4v) is 9.74. The summed E-state index contributed by atoms with van der Waals surface area (Å²) in [6.07, 6.45) is 14.5. The van der Waals surface area contributed by atoms with Gasteiger partial charge in [-0.1, -0.05) is 146 Å². The van der Waals surface area contributed by atoms with E-state index in [-0.39, 0.29) is 0 Å². The molecule has 0 spiro atoms. The van der Waals surface area contributed by atoms with Gasteiger partial charge in [-0.05, 0) is 82.8 Å². The molecule has 0 N–H and O–H groups in total. The molecule has 0 saturated heterocycles. The van der Waals surface area contributed by atoms with Crippen molar-refractivity contribution >= 4 is 76.1 Å². The number of hydrogen-bond donors (Lipinski definition) is 0. The highest BCUT2D eigenvalue weighted by Crippen LogP contribution is 2.47. The highest BCUT2D eigenvalue weighted by atomic mass is 32.1. The number of anilines is 3. The molecular weight excluding hydrogens is 687 g/mol. The summed E-state index contributed by atoms with van der Waals surface area (Å²) < 4.78 is 9.06. The van der Waals surface area contributed by atoms with Crippen LogP contribution in [0.15, 0.2) is 204 Å². The molecule has 2 aliphatic carbocycles. The Balaban J connectivity index is 1.08. The van der Waals surface area contributed by atoms with Gasteiger partial charge in [-0.25, -0.2) is 0 Å². The Bertz CT molecular complexity index is 3080. The van der Waals surface area contributed by atoms with E-state index in [9.17, 15) is 0 Å². The number of furan rings is 1. The summed E-state index contributed by atoms with van der Waals surface area (Å²) >= 11 is 1.86. The lowest BCUT2D eigenvalue weighted by Gasteiger charge is -2.29. The van der Waals surface area contributed by atoms with Crippen molar-refractivity contribution in [2.75, 3.05) is 4.90 Å². The van der Waals surface area contributed by atoms with Gasteiger partial charge in [0, 0.05) is 59.4 Å². The monoisotopic (exact) mass is 721 g/mol. The molecule has 7 aromatic carbocycles. The van der Waals surface area contributed by atoms with Gasteiger partial charge in [0.2, 0.25) is 0 Å². The molecule has 1 atom stereocenters. The van der Waals surface area contributed by atoms with Crippen LogP contribution >= 0.6 is 11.3 Å². The Hall–Kier alpha value is -6.68. The smallest absolute Gasteiger partial charge is 0.143 e. The van der Waals surface area contributed by atoms with Gasteiger partial charge in [0.15, 0.2) is 0 Å². The highest BCUT2D eigenvalue weighted by molar-refractivity contribution is 7.25. The summed E-state index contributed by atoms with van der Waals surface area (Å²) in [5, 5.41) is 4.89. The lowest BCUT2D eigenvalue weighted by molar-refractivity contribution is 0.670. The molecule has 2 nitrogen and oxygen atoms in total. The van der Waals surface area contributed by atoms with Crippen LogP contribution in [0.2, 0.25) is 0 Å². The summed E-state index contributed by atoms with van der Waals surface area (Å²) in [6, 6.07) is 57.2. The van der Waals surface area contributed by atoms with E-state index in [1.807, 2.05) is 23.5 Å². The van der Waals surface area contributed by atoms with E-state index >= 15 is 0 Å². The molecule has 2 heterocycles. The van der Waals surface area contributed by atoms with Crippen molar-refractivity contribution < 1.29 is 4.42 Å². The van der Waals surface area contributed by atoms with Crippen LogP contribution in [0.5, 0.6) is 0 Å². The number of fused-ring (bicyclic) bond motifs is 7. The standard InChI is InChI=1S/C52H35NOS/c1-2-13-36-32-38(27-26-34(36)12-1)37-14-9-15-40(33-37)53(39-30-28-35(29-31-39)41-19-10-21-45-43-17-4-7-23-48(43)54-52(41)45)47-22-6-3-16-42(47)44-20-11-25-50-51(44)46-18-5-8-24-49(46)55-50/h1-31,33,36H,32H2. The van der Waals surface area contributed by atoms with Crippen LogP contribution in [0, 0.1) is 5.92 Å². The third-order valence-electron chi connectivity index (χ3n) is 11.2. The lowest BCUT2D eigenvalue weighted by atomic mass is 9.82. The largest absolute Gasteiger partial charge is 0.455 e. The van der Waals surface area contributed by atoms with Gasteiger partial charge in [-0.2, -0.15) is 0 Å². The Morgan fingerprint density at radius 3 is 2.24 bits per heavy atom. The molecule has 0 saturated carbocycles. The van der Waals surface area contributed by atoms with E-state index in [1.54, 1.807) is 0 Å². The van der Waals surface area contributed by atoms with E-state index in [0.717, 1.165) is 56.5 Å². The summed E-state index contributed by atoms with van der Waals surface area (Å²) in [4.78, 5) is 2.44. The second kappa shape index (κ2) is 13.0. The van der Waals surface area contributed by atoms with E-state index in [2.05, 4.69) is 187 Å². The maximum Gasteiger partial charge on any atom is 0.143 e. The van der Waals surface area contributed by atoms with Crippen molar-refractivity contribution in [2.45, 2.75) is 6.42 Å². The number of allylic oxidation sites excluding steroid dienone is 8. The van der Waals surface area contributed by atoms with Crippen LogP contribution in [-0.2, 0) is 0 Å². The molecule has 0 radical (unpaired) electrons. The van der Waals surface area contributed by atoms with Crippen LogP contribution in [0.3, 0.4) is 0 Å². The van der Waals surface area contributed by atoms with E-state index in [4.69, 9.17) is 4.42 Å². The third-order valence-corrected chi connectivity index (χ3v) is 12.4. The number of thiophene rings is 1. The van der Waals surface area contributed by atoms with Crippen LogP contribution in [-0.4, -0.2) is 0 Å². The lowest BCUT2D eigenvalue weighted by Crippen LogP contribution is -2.12. The fourth-order valence-electron chi connectivity index (χ4n) is 8.61. The zero-order chi connectivity index (χ0) is 36.3. The minimum atomic E-state index is 0.412. The topological polar surface area (TPSA) is 16.4 Å². The second-order valence-electron chi connectivity index (χ2n) is 14.4. The average Bonchev–Trinajstić information content (AvgIpc) is 3.83. The molecule has 11 rings (SSSR count). The third kappa shape index (κ3) is 5.39. The van der Waals surface area contributed by atoms with E-state index in [0.29, 0.717) is 5.92 Å². The van der Waals surface area contributed by atoms with Crippen LogP contribution in [0.1, 0.15) is 12.0 Å². The Labute approximate surface area is 323 Å². The normalized spacial score (nSPS) is 15.1. The Kier molecular flexibility index (Phi) is 7.53. The molecule has 1 unspecified atom stereocenters. The predicted molar refractivity (Wildman–Crippen MR) is 235 cm³/mol. The first-order valence-electron chi connectivity index (χ1n) is 18.9. The summed E-state index contributed by atoms with van der Waals surface area (Å²) in [5.74, 6) is 0.412. The molecule has 0 amide bonds. The molecule has 0 aliphatic heterocycles. The molecule has 2 aliphatic rings. The summed E-state index contributed by atoms with van der Waals surface area (Å²) in [7, 11) is 0. The number of benzene rings is 7. The second-order valence-corrected chi connectivity index (χ2v) is 15.5. The Morgan fingerprint density at radius 2 is 1.29 bits per heavy atom. The maximum absolute atomic E-state index is 6.46. The van der Waals surface area contributed by atoms with E-state index < -0.39 is 0 Å². The van der Waals surface area contributed by atoms with Crippen LogP contribution < -0.4 is 4.90 Å². The molecule has 0 bridgehead atoms. The number of rotatable bonds is 6. The molecular formula is C52H35NOS. The molecule has 3 heteroatoms. The molecule has 2 aromatic heterocycles. The summed E-state index contributed by atoms with van der Waals surface area (Å²) in [6.45, 7) is 0. The minimum absolute atomic E-state index is 0.412. The predicted octanol–water partition coefficient (Wildman–Crippen LogP) is 15.2. The first-order chi connectivity index (χ1) is 27.3. The molecule has 260 valence electrons. The first kappa shape index (κ1) is 31.8. The van der Waals surface area contributed by atoms with Gasteiger partial charge in [-0.3, -0.25) is 0 Å². The van der Waals surface area contributed by atoms with Crippen molar-refractivity contribution in [3.63, 3.8) is 0 Å². The zero-order valence-corrected chi connectivity index (χ0v) is 30.8. The zero-order valence-electron chi connectivity index (χ0n) is 30.0. The van der Waals surface area contributed by atoms with Gasteiger partial charge < -0.3 is 9.32 Å². The van der Waals surface area contributed by atoms with Crippen molar-refractivity contribution in [1.29, 1.82) is 0 Å². The molecule has 55 heavy (non-hydrogen) atoms. The van der Waals surface area contributed by atoms with Crippen molar-refractivity contribution in [1.82, 2.24) is 0 Å². The maximum atomic E-state index is 6.46. The van der Waals surface area contributed by atoms with Gasteiger partial charge in [0.05, 0.1) is 5.69 Å². The SMILES string of the molecule is C1=CC2=CC=C(c3cccc(N(c4ccc(-c5cccc6c5oc5ccccc56)cc4)c4ccccc4-c4cccc5sc6ccccc6c45)c3)CC2C=C1. The minimum Gasteiger partial charge on any atom is -0.455 e. The average molecular weight is 722 g/mol. The quantitative estimate of drug-likeness (QED) is 0.170. The van der Waals surface area contributed by atoms with E-state index in [1.165, 1.54) is 48.0 Å². The number of para-hydroxylation sites is 3. The fraction of sp³-hybridized carbons (Fsp3) is 0.0385. The van der Waals surface area contributed by atoms with Crippen molar-refractivity contribution in [3.8, 4) is 22.3 Å². The number of nitrogens with zero attached hydrogens (tertiary/aromatic N) is 1. The van der Waals surface area contributed by atoms with Crippen molar-refractivity contribution in [3.05, 3.63) is 205 Å². The molecule has 9 aromatic rings. The van der Waals surface area contributed by atoms with Gasteiger partial charge in [-0.15, -0.1) is 11.3 Å². The summed E-state index contributed by atoms with van der Waals surface area (Å²) in [5.41, 5.74) is 13.8. The van der Waals surface area contributed by atoms with Gasteiger partial charge in [0.1, 0.15) is 11.2 Å². The van der Waals surface area contributed by atoms with Gasteiger partial charge >= 0.3 is 0 Å². The van der Waals surface area contributed by atoms with Crippen molar-refractivity contribution in [2.24, 2.45) is 5.92 Å². The van der Waals surface area contributed by atoms with Gasteiger partial charge in [0.25, 0.3) is 0 Å². The Morgan fingerprint density at radius 1 is 0.545 bits per heavy atom. The molecule has 0 fully saturated rings. The first-order valence-corrected chi connectivity index (χ1v) is 19.7. The van der Waals surface area contributed by atoms with Crippen LogP contribution in [0.4, 0.5) is 17.1 Å². The van der Waals surface area contributed by atoms with Crippen LogP contribution in [0.25, 0.3) is 69.9 Å².